The second kappa shape index (κ2) is 6.21. The first kappa shape index (κ1) is 14.8. The number of amides is 1. The van der Waals surface area contributed by atoms with Crippen LogP contribution in [-0.4, -0.2) is 13.0 Å². The first-order valence-corrected chi connectivity index (χ1v) is 6.17. The first-order chi connectivity index (χ1) is 10.0. The molecule has 0 unspecified atom stereocenters. The molecule has 0 aliphatic carbocycles. The monoisotopic (exact) mass is 292 g/mol. The molecule has 3 N–H and O–H groups in total. The number of rotatable bonds is 4. The number of methoxy groups -OCH3 is 1. The molecular formula is C15H14F2N2O2. The number of carbonyl (C=O) groups excluding carboxylic acids is 1. The predicted octanol–water partition coefficient (Wildman–Crippen LogP) is 2.49. The summed E-state index contributed by atoms with van der Waals surface area (Å²) in [6, 6.07) is 7.82. The molecular weight excluding hydrogens is 278 g/mol. The largest absolute Gasteiger partial charge is 0.497 e. The molecule has 0 spiro atoms. The molecule has 0 heterocycles. The highest BCUT2D eigenvalue weighted by atomic mass is 19.1. The second-order valence-corrected chi connectivity index (χ2v) is 4.37. The smallest absolute Gasteiger partial charge is 0.253 e. The molecule has 0 fully saturated rings. The summed E-state index contributed by atoms with van der Waals surface area (Å²) in [5.74, 6) is -1.28. The van der Waals surface area contributed by atoms with Crippen LogP contribution < -0.4 is 15.8 Å². The molecule has 110 valence electrons. The van der Waals surface area contributed by atoms with Crippen molar-refractivity contribution in [3.05, 3.63) is 59.2 Å². The van der Waals surface area contributed by atoms with Crippen LogP contribution in [0.25, 0.3) is 0 Å². The van der Waals surface area contributed by atoms with Crippen molar-refractivity contribution in [3.63, 3.8) is 0 Å². The average molecular weight is 292 g/mol. The molecule has 6 heteroatoms. The Labute approximate surface area is 120 Å². The Morgan fingerprint density at radius 3 is 2.62 bits per heavy atom. The summed E-state index contributed by atoms with van der Waals surface area (Å²) in [6.07, 6.45) is 0. The van der Waals surface area contributed by atoms with Gasteiger partial charge in [-0.3, -0.25) is 4.79 Å². The summed E-state index contributed by atoms with van der Waals surface area (Å²) in [6.45, 7) is -0.0591. The molecule has 0 aromatic heterocycles. The van der Waals surface area contributed by atoms with Gasteiger partial charge in [-0.2, -0.15) is 0 Å². The Morgan fingerprint density at radius 1 is 1.24 bits per heavy atom. The Bertz CT molecular complexity index is 675. The fourth-order valence-electron chi connectivity index (χ4n) is 1.81. The molecule has 0 saturated heterocycles. The van der Waals surface area contributed by atoms with Gasteiger partial charge in [0.1, 0.15) is 17.4 Å². The molecule has 4 nitrogen and oxygen atoms in total. The van der Waals surface area contributed by atoms with Crippen LogP contribution in [-0.2, 0) is 6.54 Å². The molecule has 0 aliphatic rings. The molecule has 1 amide bonds. The van der Waals surface area contributed by atoms with Gasteiger partial charge in [-0.1, -0.05) is 6.07 Å². The van der Waals surface area contributed by atoms with Crippen LogP contribution >= 0.6 is 0 Å². The highest BCUT2D eigenvalue weighted by Gasteiger charge is 2.11. The van der Waals surface area contributed by atoms with Gasteiger partial charge in [0.2, 0.25) is 0 Å². The van der Waals surface area contributed by atoms with Gasteiger partial charge in [0.25, 0.3) is 5.91 Å². The molecule has 2 aromatic carbocycles. The van der Waals surface area contributed by atoms with Crippen molar-refractivity contribution in [2.24, 2.45) is 0 Å². The van der Waals surface area contributed by atoms with Gasteiger partial charge in [-0.05, 0) is 18.2 Å². The van der Waals surface area contributed by atoms with E-state index in [4.69, 9.17) is 10.5 Å². The number of hydrogen-bond donors (Lipinski definition) is 2. The maximum Gasteiger partial charge on any atom is 0.253 e. The lowest BCUT2D eigenvalue weighted by Crippen LogP contribution is -2.24. The quantitative estimate of drug-likeness (QED) is 0.851. The third kappa shape index (κ3) is 3.47. The van der Waals surface area contributed by atoms with Crippen molar-refractivity contribution in [2.75, 3.05) is 12.8 Å². The lowest BCUT2D eigenvalue weighted by molar-refractivity contribution is 0.0951. The van der Waals surface area contributed by atoms with E-state index in [0.717, 1.165) is 12.1 Å². The van der Waals surface area contributed by atoms with Crippen LogP contribution in [0.1, 0.15) is 15.9 Å². The lowest BCUT2D eigenvalue weighted by atomic mass is 10.1. The van der Waals surface area contributed by atoms with Gasteiger partial charge < -0.3 is 15.8 Å². The van der Waals surface area contributed by atoms with E-state index in [1.165, 1.54) is 25.3 Å². The maximum atomic E-state index is 13.4. The number of nitrogens with one attached hydrogen (secondary N) is 1. The number of halogens is 2. The van der Waals surface area contributed by atoms with Gasteiger partial charge in [0.05, 0.1) is 12.7 Å². The summed E-state index contributed by atoms with van der Waals surface area (Å²) < 4.78 is 31.2. The van der Waals surface area contributed by atoms with Crippen molar-refractivity contribution in [3.8, 4) is 5.75 Å². The van der Waals surface area contributed by atoms with Crippen molar-refractivity contribution >= 4 is 11.6 Å². The van der Waals surface area contributed by atoms with Gasteiger partial charge in [0.15, 0.2) is 0 Å². The van der Waals surface area contributed by atoms with Crippen molar-refractivity contribution in [1.29, 1.82) is 0 Å². The fraction of sp³-hybridized carbons (Fsp3) is 0.133. The SMILES string of the molecule is COc1ccc(C(=O)NCc2ccc(F)cc2F)c(N)c1. The van der Waals surface area contributed by atoms with Gasteiger partial charge in [0, 0.05) is 29.9 Å². The minimum Gasteiger partial charge on any atom is -0.497 e. The van der Waals surface area contributed by atoms with Gasteiger partial charge in [-0.15, -0.1) is 0 Å². The Morgan fingerprint density at radius 2 is 2.00 bits per heavy atom. The predicted molar refractivity (Wildman–Crippen MR) is 74.9 cm³/mol. The Hall–Kier alpha value is -2.63. The summed E-state index contributed by atoms with van der Waals surface area (Å²) >= 11 is 0. The number of hydrogen-bond acceptors (Lipinski definition) is 3. The van der Waals surface area contributed by atoms with Crippen LogP contribution in [0.15, 0.2) is 36.4 Å². The van der Waals surface area contributed by atoms with E-state index < -0.39 is 17.5 Å². The molecule has 0 aliphatic heterocycles. The molecule has 0 atom stereocenters. The summed E-state index contributed by atoms with van der Waals surface area (Å²) in [7, 11) is 1.49. The highest BCUT2D eigenvalue weighted by molar-refractivity contribution is 5.99. The molecule has 0 radical (unpaired) electrons. The normalized spacial score (nSPS) is 10.2. The molecule has 21 heavy (non-hydrogen) atoms. The Kier molecular flexibility index (Phi) is 4.37. The van der Waals surface area contributed by atoms with Crippen LogP contribution in [0.2, 0.25) is 0 Å². The van der Waals surface area contributed by atoms with E-state index in [2.05, 4.69) is 5.32 Å². The summed E-state index contributed by atoms with van der Waals surface area (Å²) in [5.41, 5.74) is 6.46. The highest BCUT2D eigenvalue weighted by Crippen LogP contribution is 2.19. The van der Waals surface area contributed by atoms with Gasteiger partial charge >= 0.3 is 0 Å². The van der Waals surface area contributed by atoms with E-state index in [1.54, 1.807) is 6.07 Å². The van der Waals surface area contributed by atoms with Crippen molar-refractivity contribution in [2.45, 2.75) is 6.54 Å². The molecule has 0 bridgehead atoms. The summed E-state index contributed by atoms with van der Waals surface area (Å²) in [5, 5.41) is 2.53. The van der Waals surface area contributed by atoms with Crippen LogP contribution in [0.3, 0.4) is 0 Å². The number of anilines is 1. The average Bonchev–Trinajstić information content (AvgIpc) is 2.45. The van der Waals surface area contributed by atoms with Crippen LogP contribution in [0.5, 0.6) is 5.75 Å². The minimum absolute atomic E-state index is 0.0591. The van der Waals surface area contributed by atoms with E-state index in [1.807, 2.05) is 0 Å². The maximum absolute atomic E-state index is 13.4. The first-order valence-electron chi connectivity index (χ1n) is 6.17. The van der Waals surface area contributed by atoms with E-state index >= 15 is 0 Å². The van der Waals surface area contributed by atoms with Crippen LogP contribution in [0, 0.1) is 11.6 Å². The number of ether oxygens (including phenoxy) is 1. The number of nitrogen functional groups attached to an aromatic ring is 1. The third-order valence-corrected chi connectivity index (χ3v) is 2.96. The van der Waals surface area contributed by atoms with E-state index in [-0.39, 0.29) is 23.4 Å². The number of benzene rings is 2. The summed E-state index contributed by atoms with van der Waals surface area (Å²) in [4.78, 5) is 12.0. The molecule has 0 saturated carbocycles. The number of nitrogens with two attached hydrogens (primary N) is 1. The number of carbonyl (C=O) groups is 1. The zero-order chi connectivity index (χ0) is 15.4. The zero-order valence-electron chi connectivity index (χ0n) is 11.3. The molecule has 2 aromatic rings. The van der Waals surface area contributed by atoms with Crippen molar-refractivity contribution in [1.82, 2.24) is 5.32 Å². The van der Waals surface area contributed by atoms with Crippen LogP contribution in [0.4, 0.5) is 14.5 Å². The lowest BCUT2D eigenvalue weighted by Gasteiger charge is -2.09. The van der Waals surface area contributed by atoms with E-state index in [0.29, 0.717) is 5.75 Å². The standard InChI is InChI=1S/C15H14F2N2O2/c1-21-11-4-5-12(14(18)7-11)15(20)19-8-9-2-3-10(16)6-13(9)17/h2-7H,8,18H2,1H3,(H,19,20). The van der Waals surface area contributed by atoms with Gasteiger partial charge in [-0.25, -0.2) is 8.78 Å². The van der Waals surface area contributed by atoms with Crippen molar-refractivity contribution < 1.29 is 18.3 Å². The minimum atomic E-state index is -0.710. The zero-order valence-corrected chi connectivity index (χ0v) is 11.3. The van der Waals surface area contributed by atoms with E-state index in [9.17, 15) is 13.6 Å². The fourth-order valence-corrected chi connectivity index (χ4v) is 1.81. The Balaban J connectivity index is 2.08. The second-order valence-electron chi connectivity index (χ2n) is 4.37. The third-order valence-electron chi connectivity index (χ3n) is 2.96. The topological polar surface area (TPSA) is 64.3 Å². The molecule has 2 rings (SSSR count).